The summed E-state index contributed by atoms with van der Waals surface area (Å²) in [6.45, 7) is 6.58. The van der Waals surface area contributed by atoms with Crippen molar-refractivity contribution in [3.8, 4) is 0 Å². The van der Waals surface area contributed by atoms with Crippen LogP contribution in [0.2, 0.25) is 0 Å². The molecule has 1 aromatic rings. The first-order chi connectivity index (χ1) is 9.13. The van der Waals surface area contributed by atoms with Gasteiger partial charge in [-0.05, 0) is 24.5 Å². The van der Waals surface area contributed by atoms with Gasteiger partial charge in [0.25, 0.3) is 5.91 Å². The molecule has 0 atom stereocenters. The number of carbonyl (C=O) groups excluding carboxylic acids is 1. The van der Waals surface area contributed by atoms with E-state index in [1.807, 2.05) is 0 Å². The lowest BCUT2D eigenvalue weighted by Gasteiger charge is -2.07. The number of hydrogen-bond donors (Lipinski definition) is 1. The molecule has 0 aliphatic rings. The Balaban J connectivity index is 2.16. The summed E-state index contributed by atoms with van der Waals surface area (Å²) < 4.78 is 15.7. The summed E-state index contributed by atoms with van der Waals surface area (Å²) in [5.74, 6) is 1.30. The molecule has 1 N–H and O–H groups in total. The minimum absolute atomic E-state index is 0.203. The van der Waals surface area contributed by atoms with Gasteiger partial charge in [-0.2, -0.15) is 0 Å². The van der Waals surface area contributed by atoms with Crippen LogP contribution in [0, 0.1) is 5.92 Å². The molecular formula is C14H23NO4. The Bertz CT molecular complexity index is 373. The molecule has 108 valence electrons. The Labute approximate surface area is 114 Å². The van der Waals surface area contributed by atoms with E-state index < -0.39 is 0 Å². The molecule has 0 saturated heterocycles. The van der Waals surface area contributed by atoms with Gasteiger partial charge in [0, 0.05) is 26.9 Å². The van der Waals surface area contributed by atoms with Crippen LogP contribution >= 0.6 is 0 Å². The maximum atomic E-state index is 11.7. The van der Waals surface area contributed by atoms with Crippen LogP contribution in [-0.2, 0) is 16.1 Å². The van der Waals surface area contributed by atoms with E-state index in [-0.39, 0.29) is 5.91 Å². The van der Waals surface area contributed by atoms with Crippen molar-refractivity contribution in [3.05, 3.63) is 23.7 Å². The van der Waals surface area contributed by atoms with E-state index >= 15 is 0 Å². The van der Waals surface area contributed by atoms with E-state index in [1.165, 1.54) is 0 Å². The molecule has 5 heteroatoms. The van der Waals surface area contributed by atoms with Crippen LogP contribution in [0.15, 0.2) is 16.5 Å². The first-order valence-electron chi connectivity index (χ1n) is 6.57. The van der Waals surface area contributed by atoms with Crippen molar-refractivity contribution in [2.45, 2.75) is 26.9 Å². The van der Waals surface area contributed by atoms with E-state index in [2.05, 4.69) is 19.2 Å². The Morgan fingerprint density at radius 3 is 2.89 bits per heavy atom. The molecule has 5 nitrogen and oxygen atoms in total. The van der Waals surface area contributed by atoms with Crippen LogP contribution < -0.4 is 5.32 Å². The topological polar surface area (TPSA) is 60.7 Å². The molecule has 1 aromatic heterocycles. The molecule has 0 radical (unpaired) electrons. The molecule has 1 amide bonds. The Hall–Kier alpha value is -1.33. The molecular weight excluding hydrogens is 246 g/mol. The summed E-state index contributed by atoms with van der Waals surface area (Å²) in [6, 6.07) is 3.39. The van der Waals surface area contributed by atoms with E-state index in [1.54, 1.807) is 19.2 Å². The number of ether oxygens (including phenoxy) is 2. The van der Waals surface area contributed by atoms with Gasteiger partial charge in [-0.15, -0.1) is 0 Å². The third kappa shape index (κ3) is 6.40. The smallest absolute Gasteiger partial charge is 0.286 e. The van der Waals surface area contributed by atoms with Crippen molar-refractivity contribution in [1.82, 2.24) is 5.32 Å². The van der Waals surface area contributed by atoms with Gasteiger partial charge >= 0.3 is 0 Å². The molecule has 1 rings (SSSR count). The van der Waals surface area contributed by atoms with E-state index in [0.29, 0.717) is 37.2 Å². The predicted octanol–water partition coefficient (Wildman–Crippen LogP) is 2.22. The number of amides is 1. The fraction of sp³-hybridized carbons (Fsp3) is 0.643. The second-order valence-electron chi connectivity index (χ2n) is 4.78. The number of carbonyl (C=O) groups is 1. The fourth-order valence-corrected chi connectivity index (χ4v) is 1.50. The average molecular weight is 269 g/mol. The first-order valence-corrected chi connectivity index (χ1v) is 6.57. The molecule has 0 bridgehead atoms. The largest absolute Gasteiger partial charge is 0.453 e. The van der Waals surface area contributed by atoms with Gasteiger partial charge in [-0.25, -0.2) is 0 Å². The summed E-state index contributed by atoms with van der Waals surface area (Å²) in [5, 5.41) is 2.79. The summed E-state index contributed by atoms with van der Waals surface area (Å²) in [6.07, 6.45) is 0.796. The van der Waals surface area contributed by atoms with E-state index in [9.17, 15) is 4.79 Å². The van der Waals surface area contributed by atoms with Crippen LogP contribution in [0.5, 0.6) is 0 Å². The lowest BCUT2D eigenvalue weighted by Crippen LogP contribution is -2.25. The summed E-state index contributed by atoms with van der Waals surface area (Å²) in [7, 11) is 1.58. The van der Waals surface area contributed by atoms with Crippen molar-refractivity contribution in [1.29, 1.82) is 0 Å². The molecule has 0 spiro atoms. The zero-order valence-corrected chi connectivity index (χ0v) is 11.9. The zero-order valence-electron chi connectivity index (χ0n) is 11.9. The molecule has 0 aliphatic heterocycles. The van der Waals surface area contributed by atoms with Crippen LogP contribution in [0.25, 0.3) is 0 Å². The third-order valence-electron chi connectivity index (χ3n) is 2.37. The lowest BCUT2D eigenvalue weighted by atomic mass is 10.2. The van der Waals surface area contributed by atoms with Crippen LogP contribution in [0.4, 0.5) is 0 Å². The number of rotatable bonds is 9. The molecule has 0 aromatic carbocycles. The quantitative estimate of drug-likeness (QED) is 0.698. The monoisotopic (exact) mass is 269 g/mol. The van der Waals surface area contributed by atoms with E-state index in [4.69, 9.17) is 13.9 Å². The standard InChI is InChI=1S/C14H23NO4/c1-11(2)9-18-8-4-7-15-14(16)13-6-5-12(19-13)10-17-3/h5-6,11H,4,7-10H2,1-3H3,(H,15,16). The Morgan fingerprint density at radius 1 is 1.42 bits per heavy atom. The van der Waals surface area contributed by atoms with Gasteiger partial charge in [0.05, 0.1) is 0 Å². The van der Waals surface area contributed by atoms with Crippen molar-refractivity contribution in [3.63, 3.8) is 0 Å². The predicted molar refractivity (Wildman–Crippen MR) is 72.0 cm³/mol. The molecule has 0 unspecified atom stereocenters. The van der Waals surface area contributed by atoms with Crippen LogP contribution in [0.3, 0.4) is 0 Å². The van der Waals surface area contributed by atoms with Crippen molar-refractivity contribution in [2.24, 2.45) is 5.92 Å². The maximum absolute atomic E-state index is 11.7. The van der Waals surface area contributed by atoms with Crippen LogP contribution in [0.1, 0.15) is 36.6 Å². The highest BCUT2D eigenvalue weighted by Gasteiger charge is 2.10. The minimum atomic E-state index is -0.203. The Kier molecular flexibility index (Phi) is 7.22. The highest BCUT2D eigenvalue weighted by atomic mass is 16.5. The van der Waals surface area contributed by atoms with Crippen LogP contribution in [-0.4, -0.2) is 32.8 Å². The Morgan fingerprint density at radius 2 is 2.21 bits per heavy atom. The average Bonchev–Trinajstić information content (AvgIpc) is 2.82. The molecule has 0 saturated carbocycles. The normalized spacial score (nSPS) is 10.9. The van der Waals surface area contributed by atoms with Gasteiger partial charge in [-0.1, -0.05) is 13.8 Å². The number of methoxy groups -OCH3 is 1. The SMILES string of the molecule is COCc1ccc(C(=O)NCCCOCC(C)C)o1. The van der Waals surface area contributed by atoms with Crippen molar-refractivity contribution in [2.75, 3.05) is 26.9 Å². The molecule has 19 heavy (non-hydrogen) atoms. The third-order valence-corrected chi connectivity index (χ3v) is 2.37. The molecule has 0 aliphatic carbocycles. The summed E-state index contributed by atoms with van der Waals surface area (Å²) in [4.78, 5) is 11.7. The van der Waals surface area contributed by atoms with Gasteiger partial charge in [0.2, 0.25) is 0 Å². The highest BCUT2D eigenvalue weighted by molar-refractivity contribution is 5.91. The molecule has 1 heterocycles. The van der Waals surface area contributed by atoms with Crippen molar-refractivity contribution >= 4 is 5.91 Å². The summed E-state index contributed by atoms with van der Waals surface area (Å²) in [5.41, 5.74) is 0. The second-order valence-corrected chi connectivity index (χ2v) is 4.78. The lowest BCUT2D eigenvalue weighted by molar-refractivity contribution is 0.0893. The summed E-state index contributed by atoms with van der Waals surface area (Å²) >= 11 is 0. The fourth-order valence-electron chi connectivity index (χ4n) is 1.50. The minimum Gasteiger partial charge on any atom is -0.453 e. The second kappa shape index (κ2) is 8.72. The zero-order chi connectivity index (χ0) is 14.1. The number of furan rings is 1. The molecule has 0 fully saturated rings. The van der Waals surface area contributed by atoms with Gasteiger partial charge < -0.3 is 19.2 Å². The van der Waals surface area contributed by atoms with Gasteiger partial charge in [0.1, 0.15) is 12.4 Å². The first kappa shape index (κ1) is 15.7. The highest BCUT2D eigenvalue weighted by Crippen LogP contribution is 2.08. The van der Waals surface area contributed by atoms with Gasteiger partial charge in [-0.3, -0.25) is 4.79 Å². The van der Waals surface area contributed by atoms with Gasteiger partial charge in [0.15, 0.2) is 5.76 Å². The number of hydrogen-bond acceptors (Lipinski definition) is 4. The van der Waals surface area contributed by atoms with Crippen molar-refractivity contribution < 1.29 is 18.7 Å². The number of nitrogens with one attached hydrogen (secondary N) is 1. The maximum Gasteiger partial charge on any atom is 0.286 e. The van der Waals surface area contributed by atoms with E-state index in [0.717, 1.165) is 13.0 Å².